The molecule has 9 heteroatoms. The molecule has 3 heterocycles. The van der Waals surface area contributed by atoms with Crippen LogP contribution in [0.5, 0.6) is 11.5 Å². The first kappa shape index (κ1) is 25.4. The number of ether oxygens (including phenoxy) is 2. The molecule has 4 aromatic rings. The SMILES string of the molecule is CCCOc1ccc(C2/C(=C(\O)c3ccc4c(c3)CC(C)O4)C(=O)C(=O)N2c2nc3ccc(Cl)cc3s2)cc1. The van der Waals surface area contributed by atoms with Crippen molar-refractivity contribution in [2.75, 3.05) is 11.5 Å². The van der Waals surface area contributed by atoms with Crippen molar-refractivity contribution < 1.29 is 24.2 Å². The van der Waals surface area contributed by atoms with Gasteiger partial charge in [-0.2, -0.15) is 0 Å². The maximum atomic E-state index is 13.5. The molecule has 1 amide bonds. The van der Waals surface area contributed by atoms with Crippen LogP contribution < -0.4 is 14.4 Å². The summed E-state index contributed by atoms with van der Waals surface area (Å²) in [5, 5.41) is 12.4. The maximum Gasteiger partial charge on any atom is 0.301 e. The Morgan fingerprint density at radius 3 is 2.72 bits per heavy atom. The number of benzene rings is 3. The zero-order valence-corrected chi connectivity index (χ0v) is 22.9. The minimum atomic E-state index is -0.885. The molecule has 2 atom stereocenters. The Kier molecular flexibility index (Phi) is 6.53. The number of aliphatic hydroxyl groups is 1. The highest BCUT2D eigenvalue weighted by molar-refractivity contribution is 7.22. The van der Waals surface area contributed by atoms with Gasteiger partial charge in [0.05, 0.1) is 28.4 Å². The van der Waals surface area contributed by atoms with Gasteiger partial charge in [-0.15, -0.1) is 0 Å². The van der Waals surface area contributed by atoms with Crippen molar-refractivity contribution in [1.82, 2.24) is 4.98 Å². The molecule has 1 saturated heterocycles. The average Bonchev–Trinajstić information content (AvgIpc) is 3.59. The molecule has 198 valence electrons. The summed E-state index contributed by atoms with van der Waals surface area (Å²) in [6, 6.07) is 16.9. The van der Waals surface area contributed by atoms with Crippen molar-refractivity contribution in [2.45, 2.75) is 38.8 Å². The van der Waals surface area contributed by atoms with Crippen LogP contribution in [0.15, 0.2) is 66.2 Å². The van der Waals surface area contributed by atoms with E-state index in [-0.39, 0.29) is 17.4 Å². The third kappa shape index (κ3) is 4.53. The number of amides is 1. The number of hydrogen-bond donors (Lipinski definition) is 1. The Labute approximate surface area is 234 Å². The molecule has 6 rings (SSSR count). The van der Waals surface area contributed by atoms with Crippen LogP contribution in [0, 0.1) is 0 Å². The van der Waals surface area contributed by atoms with E-state index in [0.29, 0.717) is 45.6 Å². The largest absolute Gasteiger partial charge is 0.507 e. The summed E-state index contributed by atoms with van der Waals surface area (Å²) in [6.45, 7) is 4.58. The number of hydrogen-bond acceptors (Lipinski definition) is 7. The van der Waals surface area contributed by atoms with E-state index in [0.717, 1.165) is 22.4 Å². The van der Waals surface area contributed by atoms with E-state index in [1.807, 2.05) is 32.0 Å². The third-order valence-corrected chi connectivity index (χ3v) is 8.08. The Balaban J connectivity index is 1.49. The fourth-order valence-electron chi connectivity index (χ4n) is 5.03. The lowest BCUT2D eigenvalue weighted by Gasteiger charge is -2.23. The standard InChI is InChI=1S/C30H25ClN2O5S/c1-3-12-37-21-8-4-17(5-9-21)26-25(27(34)18-6-11-23-19(14-18)13-16(2)38-23)28(35)29(36)33(26)30-32-22-10-7-20(31)15-24(22)39-30/h4-11,14-16,26,34H,3,12-13H2,1-2H3/b27-25+. The number of carbonyl (C=O) groups is 2. The van der Waals surface area contributed by atoms with Crippen molar-refractivity contribution in [1.29, 1.82) is 0 Å². The first-order valence-corrected chi connectivity index (χ1v) is 13.9. The molecule has 0 spiro atoms. The molecule has 2 unspecified atom stereocenters. The Morgan fingerprint density at radius 2 is 1.95 bits per heavy atom. The number of thiazole rings is 1. The van der Waals surface area contributed by atoms with Crippen molar-refractivity contribution in [3.63, 3.8) is 0 Å². The second kappa shape index (κ2) is 10.0. The molecule has 7 nitrogen and oxygen atoms in total. The number of ketones is 1. The zero-order valence-electron chi connectivity index (χ0n) is 21.3. The van der Waals surface area contributed by atoms with E-state index in [4.69, 9.17) is 21.1 Å². The lowest BCUT2D eigenvalue weighted by Crippen LogP contribution is -2.29. The van der Waals surface area contributed by atoms with Gasteiger partial charge in [0.15, 0.2) is 5.13 Å². The van der Waals surface area contributed by atoms with E-state index in [2.05, 4.69) is 4.98 Å². The van der Waals surface area contributed by atoms with Crippen LogP contribution in [0.4, 0.5) is 5.13 Å². The number of carbonyl (C=O) groups excluding carboxylic acids is 2. The van der Waals surface area contributed by atoms with E-state index < -0.39 is 17.7 Å². The van der Waals surface area contributed by atoms with Crippen molar-refractivity contribution >= 4 is 55.7 Å². The maximum absolute atomic E-state index is 13.5. The Hall–Kier alpha value is -3.88. The quantitative estimate of drug-likeness (QED) is 0.161. The van der Waals surface area contributed by atoms with E-state index in [1.165, 1.54) is 16.2 Å². The summed E-state index contributed by atoms with van der Waals surface area (Å²) in [4.78, 5) is 33.1. The molecule has 1 aromatic heterocycles. The first-order chi connectivity index (χ1) is 18.8. The molecule has 0 aliphatic carbocycles. The molecule has 0 radical (unpaired) electrons. The number of Topliss-reactive ketones (excluding diaryl/α,β-unsaturated/α-hetero) is 1. The second-order valence-corrected chi connectivity index (χ2v) is 11.1. The minimum absolute atomic E-state index is 0.00595. The van der Waals surface area contributed by atoms with Gasteiger partial charge in [-0.05, 0) is 73.0 Å². The second-order valence-electron chi connectivity index (χ2n) is 9.65. The normalized spacial score (nSPS) is 19.9. The van der Waals surface area contributed by atoms with Gasteiger partial charge in [0.25, 0.3) is 5.78 Å². The molecule has 3 aromatic carbocycles. The highest BCUT2D eigenvalue weighted by Crippen LogP contribution is 2.45. The number of aromatic nitrogens is 1. The van der Waals surface area contributed by atoms with Crippen LogP contribution in [0.1, 0.15) is 43.0 Å². The number of aliphatic hydroxyl groups excluding tert-OH is 1. The van der Waals surface area contributed by atoms with Crippen LogP contribution >= 0.6 is 22.9 Å². The smallest absolute Gasteiger partial charge is 0.301 e. The fourth-order valence-corrected chi connectivity index (χ4v) is 6.29. The molecule has 0 bridgehead atoms. The van der Waals surface area contributed by atoms with E-state index in [1.54, 1.807) is 42.5 Å². The van der Waals surface area contributed by atoms with Gasteiger partial charge in [0, 0.05) is 17.0 Å². The topological polar surface area (TPSA) is 89.0 Å². The summed E-state index contributed by atoms with van der Waals surface area (Å²) in [6.07, 6.45) is 1.60. The lowest BCUT2D eigenvalue weighted by molar-refractivity contribution is -0.132. The van der Waals surface area contributed by atoms with Crippen LogP contribution in [-0.2, 0) is 16.0 Å². The number of fused-ring (bicyclic) bond motifs is 2. The fraction of sp³-hybridized carbons (Fsp3) is 0.233. The van der Waals surface area contributed by atoms with Gasteiger partial charge in [-0.3, -0.25) is 14.5 Å². The van der Waals surface area contributed by atoms with Gasteiger partial charge >= 0.3 is 5.91 Å². The van der Waals surface area contributed by atoms with E-state index >= 15 is 0 Å². The highest BCUT2D eigenvalue weighted by Gasteiger charge is 2.48. The van der Waals surface area contributed by atoms with Crippen LogP contribution in [-0.4, -0.2) is 34.5 Å². The first-order valence-electron chi connectivity index (χ1n) is 12.7. The van der Waals surface area contributed by atoms with Gasteiger partial charge in [0.2, 0.25) is 0 Å². The summed E-state index contributed by atoms with van der Waals surface area (Å²) < 4.78 is 12.3. The van der Waals surface area contributed by atoms with Crippen LogP contribution in [0.3, 0.4) is 0 Å². The molecule has 1 fully saturated rings. The minimum Gasteiger partial charge on any atom is -0.507 e. The molecule has 2 aliphatic heterocycles. The van der Waals surface area contributed by atoms with Crippen molar-refractivity contribution in [2.24, 2.45) is 0 Å². The van der Waals surface area contributed by atoms with Crippen LogP contribution in [0.2, 0.25) is 5.02 Å². The van der Waals surface area contributed by atoms with Gasteiger partial charge in [-0.25, -0.2) is 4.98 Å². The zero-order chi connectivity index (χ0) is 27.3. The highest BCUT2D eigenvalue weighted by atomic mass is 35.5. The van der Waals surface area contributed by atoms with Crippen molar-refractivity contribution in [3.8, 4) is 11.5 Å². The molecule has 0 saturated carbocycles. The molecule has 2 aliphatic rings. The average molecular weight is 561 g/mol. The third-order valence-electron chi connectivity index (χ3n) is 6.83. The Morgan fingerprint density at radius 1 is 1.15 bits per heavy atom. The number of anilines is 1. The Bertz CT molecular complexity index is 1650. The molecular weight excluding hydrogens is 536 g/mol. The summed E-state index contributed by atoms with van der Waals surface area (Å²) >= 11 is 7.44. The molecular formula is C30H25ClN2O5S. The van der Waals surface area contributed by atoms with Crippen molar-refractivity contribution in [3.05, 3.63) is 87.9 Å². The number of halogens is 1. The lowest BCUT2D eigenvalue weighted by atomic mass is 9.94. The van der Waals surface area contributed by atoms with Gasteiger partial charge in [-0.1, -0.05) is 42.0 Å². The predicted octanol–water partition coefficient (Wildman–Crippen LogP) is 6.69. The summed E-state index contributed by atoms with van der Waals surface area (Å²) in [5.74, 6) is -0.326. The van der Waals surface area contributed by atoms with Crippen LogP contribution in [0.25, 0.3) is 16.0 Å². The monoisotopic (exact) mass is 560 g/mol. The summed E-state index contributed by atoms with van der Waals surface area (Å²) in [7, 11) is 0. The number of rotatable bonds is 6. The molecule has 1 N–H and O–H groups in total. The van der Waals surface area contributed by atoms with Gasteiger partial charge < -0.3 is 14.6 Å². The van der Waals surface area contributed by atoms with E-state index in [9.17, 15) is 14.7 Å². The molecule has 39 heavy (non-hydrogen) atoms. The predicted molar refractivity (Wildman–Crippen MR) is 152 cm³/mol. The van der Waals surface area contributed by atoms with Gasteiger partial charge in [0.1, 0.15) is 23.4 Å². The number of nitrogens with zero attached hydrogens (tertiary/aromatic N) is 2. The summed E-state index contributed by atoms with van der Waals surface area (Å²) in [5.41, 5.74) is 2.71.